The summed E-state index contributed by atoms with van der Waals surface area (Å²) in [4.78, 5) is 18.8. The molecule has 0 N–H and O–H groups in total. The Morgan fingerprint density at radius 1 is 1.23 bits per heavy atom. The Balaban J connectivity index is 1.92. The maximum absolute atomic E-state index is 12.5. The summed E-state index contributed by atoms with van der Waals surface area (Å²) in [5.74, 6) is -0.128. The molecule has 1 aromatic heterocycles. The summed E-state index contributed by atoms with van der Waals surface area (Å²) >= 11 is 3.24. The molecule has 4 nitrogen and oxygen atoms in total. The quantitative estimate of drug-likeness (QED) is 0.600. The van der Waals surface area contributed by atoms with Gasteiger partial charge in [0.1, 0.15) is 0 Å². The first kappa shape index (κ1) is 18.9. The first-order valence-corrected chi connectivity index (χ1v) is 10.4. The van der Waals surface area contributed by atoms with E-state index in [1.807, 2.05) is 30.5 Å². The predicted molar refractivity (Wildman–Crippen MR) is 109 cm³/mol. The van der Waals surface area contributed by atoms with E-state index in [1.54, 1.807) is 30.2 Å². The van der Waals surface area contributed by atoms with Gasteiger partial charge in [0.05, 0.1) is 23.2 Å². The van der Waals surface area contributed by atoms with Crippen molar-refractivity contribution < 1.29 is 9.53 Å². The molecule has 0 saturated carbocycles. The van der Waals surface area contributed by atoms with Gasteiger partial charge >= 0.3 is 0 Å². The molecule has 3 aromatic rings. The van der Waals surface area contributed by atoms with Crippen molar-refractivity contribution in [3.05, 3.63) is 58.4 Å². The normalized spacial score (nSPS) is 12.0. The lowest BCUT2D eigenvalue weighted by Gasteiger charge is -2.04. The fourth-order valence-electron chi connectivity index (χ4n) is 2.73. The molecule has 26 heavy (non-hydrogen) atoms. The topological polar surface area (TPSA) is 43.6 Å². The number of hydrogen-bond acceptors (Lipinski definition) is 4. The number of hydrogen-bond donors (Lipinski definition) is 0. The Hall–Kier alpha value is -1.89. The molecule has 1 amide bonds. The van der Waals surface area contributed by atoms with Gasteiger partial charge in [-0.05, 0) is 48.6 Å². The molecule has 0 unspecified atom stereocenters. The van der Waals surface area contributed by atoms with Crippen molar-refractivity contribution in [2.75, 3.05) is 20.0 Å². The van der Waals surface area contributed by atoms with E-state index in [0.717, 1.165) is 20.6 Å². The highest BCUT2D eigenvalue weighted by atomic mass is 32.2. The predicted octanol–water partition coefficient (Wildman–Crippen LogP) is 4.05. The minimum absolute atomic E-state index is 0.128. The number of methoxy groups -OCH3 is 1. The van der Waals surface area contributed by atoms with Crippen LogP contribution in [-0.4, -0.2) is 30.4 Å². The molecular weight excluding hydrogens is 364 g/mol. The molecular formula is C20H22N2O2S2. The second-order valence-corrected chi connectivity index (χ2v) is 7.92. The summed E-state index contributed by atoms with van der Waals surface area (Å²) in [6.07, 6.45) is 2.35. The number of thioether (sulfide) groups is 1. The fourth-order valence-corrected chi connectivity index (χ4v) is 4.31. The van der Waals surface area contributed by atoms with E-state index in [2.05, 4.69) is 34.7 Å². The molecule has 6 heteroatoms. The van der Waals surface area contributed by atoms with Gasteiger partial charge in [0.15, 0.2) is 4.80 Å². The highest BCUT2D eigenvalue weighted by Gasteiger charge is 2.09. The molecule has 0 aliphatic heterocycles. The fraction of sp³-hybridized carbons (Fsp3) is 0.300. The van der Waals surface area contributed by atoms with Gasteiger partial charge in [-0.15, -0.1) is 11.8 Å². The summed E-state index contributed by atoms with van der Waals surface area (Å²) in [5, 5.41) is 0. The zero-order chi connectivity index (χ0) is 18.5. The number of amides is 1. The number of thiazole rings is 1. The van der Waals surface area contributed by atoms with Crippen LogP contribution in [0.3, 0.4) is 0 Å². The van der Waals surface area contributed by atoms with Gasteiger partial charge < -0.3 is 9.30 Å². The Morgan fingerprint density at radius 3 is 2.69 bits per heavy atom. The maximum Gasteiger partial charge on any atom is 0.252 e. The summed E-state index contributed by atoms with van der Waals surface area (Å²) < 4.78 is 8.42. The largest absolute Gasteiger partial charge is 0.383 e. The molecule has 0 saturated heterocycles. The minimum atomic E-state index is -0.128. The lowest BCUT2D eigenvalue weighted by molar-refractivity contribution is -0.117. The minimum Gasteiger partial charge on any atom is -0.383 e. The lowest BCUT2D eigenvalue weighted by Crippen LogP contribution is -2.19. The van der Waals surface area contributed by atoms with Crippen molar-refractivity contribution in [1.29, 1.82) is 0 Å². The van der Waals surface area contributed by atoms with E-state index in [-0.39, 0.29) is 5.91 Å². The number of rotatable bonds is 6. The van der Waals surface area contributed by atoms with E-state index >= 15 is 0 Å². The van der Waals surface area contributed by atoms with Gasteiger partial charge in [-0.3, -0.25) is 4.79 Å². The summed E-state index contributed by atoms with van der Waals surface area (Å²) in [7, 11) is 1.68. The van der Waals surface area contributed by atoms with Crippen LogP contribution in [0.4, 0.5) is 0 Å². The average molecular weight is 387 g/mol. The van der Waals surface area contributed by atoms with Gasteiger partial charge in [-0.1, -0.05) is 29.5 Å². The molecule has 0 aliphatic carbocycles. The van der Waals surface area contributed by atoms with Crippen LogP contribution in [-0.2, 0) is 22.5 Å². The number of fused-ring (bicyclic) bond motifs is 1. The third-order valence-corrected chi connectivity index (χ3v) is 5.88. The van der Waals surface area contributed by atoms with Crippen LogP contribution < -0.4 is 4.80 Å². The molecule has 0 spiro atoms. The van der Waals surface area contributed by atoms with Crippen LogP contribution >= 0.6 is 23.1 Å². The van der Waals surface area contributed by atoms with E-state index in [9.17, 15) is 4.79 Å². The van der Waals surface area contributed by atoms with Crippen LogP contribution in [0.1, 0.15) is 11.1 Å². The monoisotopic (exact) mass is 386 g/mol. The summed E-state index contributed by atoms with van der Waals surface area (Å²) in [6.45, 7) is 3.32. The number of aromatic nitrogens is 1. The lowest BCUT2D eigenvalue weighted by atomic mass is 10.1. The Bertz CT molecular complexity index is 972. The standard InChI is InChI=1S/C20H22N2O2S2/c1-14-4-9-17-18(12-14)26-20(22(17)10-11-24-2)21-19(23)13-15-5-7-16(25-3)8-6-15/h4-9,12H,10-11,13H2,1-3H3. The second-order valence-electron chi connectivity index (χ2n) is 6.03. The zero-order valence-electron chi connectivity index (χ0n) is 15.2. The summed E-state index contributed by atoms with van der Waals surface area (Å²) in [5.41, 5.74) is 3.27. The third kappa shape index (κ3) is 4.44. The molecule has 0 fully saturated rings. The Kier molecular flexibility index (Phi) is 6.29. The maximum atomic E-state index is 12.5. The molecule has 0 atom stereocenters. The van der Waals surface area contributed by atoms with Crippen molar-refractivity contribution in [3.63, 3.8) is 0 Å². The molecule has 0 aliphatic rings. The van der Waals surface area contributed by atoms with Crippen LogP contribution in [0.2, 0.25) is 0 Å². The van der Waals surface area contributed by atoms with Gasteiger partial charge in [-0.25, -0.2) is 0 Å². The van der Waals surface area contributed by atoms with Crippen LogP contribution in [0.5, 0.6) is 0 Å². The number of carbonyl (C=O) groups is 1. The first-order valence-electron chi connectivity index (χ1n) is 8.40. The summed E-state index contributed by atoms with van der Waals surface area (Å²) in [6, 6.07) is 14.4. The van der Waals surface area contributed by atoms with Crippen molar-refractivity contribution in [2.45, 2.75) is 24.8 Å². The van der Waals surface area contributed by atoms with Crippen molar-refractivity contribution >= 4 is 39.2 Å². The zero-order valence-corrected chi connectivity index (χ0v) is 16.8. The number of carbonyl (C=O) groups excluding carboxylic acids is 1. The molecule has 0 bridgehead atoms. The van der Waals surface area contributed by atoms with Crippen LogP contribution in [0.25, 0.3) is 10.2 Å². The van der Waals surface area contributed by atoms with Crippen molar-refractivity contribution in [2.24, 2.45) is 4.99 Å². The third-order valence-electron chi connectivity index (χ3n) is 4.09. The number of nitrogens with zero attached hydrogens (tertiary/aromatic N) is 2. The highest BCUT2D eigenvalue weighted by molar-refractivity contribution is 7.98. The first-order chi connectivity index (χ1) is 12.6. The molecule has 3 rings (SSSR count). The van der Waals surface area contributed by atoms with Gasteiger partial charge in [0.25, 0.3) is 5.91 Å². The van der Waals surface area contributed by atoms with E-state index < -0.39 is 0 Å². The van der Waals surface area contributed by atoms with Crippen LogP contribution in [0.15, 0.2) is 52.4 Å². The second kappa shape index (κ2) is 8.66. The SMILES string of the molecule is COCCn1c(=NC(=O)Cc2ccc(SC)cc2)sc2cc(C)ccc21. The average Bonchev–Trinajstić information content (AvgIpc) is 2.96. The van der Waals surface area contributed by atoms with Gasteiger partial charge in [0, 0.05) is 18.6 Å². The molecule has 0 radical (unpaired) electrons. The smallest absolute Gasteiger partial charge is 0.252 e. The van der Waals surface area contributed by atoms with Crippen LogP contribution in [0, 0.1) is 6.92 Å². The number of aryl methyl sites for hydroxylation is 1. The van der Waals surface area contributed by atoms with E-state index in [4.69, 9.17) is 4.74 Å². The highest BCUT2D eigenvalue weighted by Crippen LogP contribution is 2.19. The molecule has 1 heterocycles. The van der Waals surface area contributed by atoms with E-state index in [0.29, 0.717) is 19.6 Å². The number of ether oxygens (including phenoxy) is 1. The Morgan fingerprint density at radius 2 is 2.00 bits per heavy atom. The van der Waals surface area contributed by atoms with E-state index in [1.165, 1.54) is 10.5 Å². The molecule has 136 valence electrons. The molecule has 2 aromatic carbocycles. The van der Waals surface area contributed by atoms with Crippen molar-refractivity contribution in [1.82, 2.24) is 4.57 Å². The van der Waals surface area contributed by atoms with Gasteiger partial charge in [-0.2, -0.15) is 4.99 Å². The Labute approximate surface area is 161 Å². The van der Waals surface area contributed by atoms with Gasteiger partial charge in [0.2, 0.25) is 0 Å². The van der Waals surface area contributed by atoms with Crippen molar-refractivity contribution in [3.8, 4) is 0 Å². The number of benzene rings is 2.